The maximum absolute atomic E-state index is 6.08. The van der Waals surface area contributed by atoms with E-state index in [1.54, 1.807) is 0 Å². The van der Waals surface area contributed by atoms with Crippen LogP contribution in [0.1, 0.15) is 32.1 Å². The Balaban J connectivity index is 2.05. The summed E-state index contributed by atoms with van der Waals surface area (Å²) >= 11 is 12.0. The molecule has 2 atom stereocenters. The van der Waals surface area contributed by atoms with E-state index in [0.29, 0.717) is 22.1 Å². The number of nitrogens with one attached hydrogen (secondary N) is 2. The third-order valence-electron chi connectivity index (χ3n) is 3.81. The second kappa shape index (κ2) is 7.92. The molecule has 0 amide bonds. The molecule has 0 heterocycles. The lowest BCUT2D eigenvalue weighted by atomic mass is 10.0. The molecule has 4 heteroatoms. The van der Waals surface area contributed by atoms with Crippen LogP contribution in [0.5, 0.6) is 0 Å². The highest BCUT2D eigenvalue weighted by molar-refractivity contribution is 6.42. The highest BCUT2D eigenvalue weighted by atomic mass is 35.5. The molecule has 0 bridgehead atoms. The predicted molar refractivity (Wildman–Crippen MR) is 88.9 cm³/mol. The molecule has 0 aliphatic heterocycles. The van der Waals surface area contributed by atoms with Crippen LogP contribution in [0, 0.1) is 0 Å². The third kappa shape index (κ3) is 4.41. The Labute approximate surface area is 131 Å². The summed E-state index contributed by atoms with van der Waals surface area (Å²) in [4.78, 5) is 0. The van der Waals surface area contributed by atoms with Gasteiger partial charge in [-0.05, 0) is 31.0 Å². The van der Waals surface area contributed by atoms with Gasteiger partial charge in [-0.1, -0.05) is 48.5 Å². The van der Waals surface area contributed by atoms with Gasteiger partial charge in [0.25, 0.3) is 0 Å². The van der Waals surface area contributed by atoms with E-state index in [1.807, 2.05) is 24.3 Å². The van der Waals surface area contributed by atoms with E-state index < -0.39 is 0 Å². The molecule has 2 nitrogen and oxygen atoms in total. The minimum absolute atomic E-state index is 0.426. The van der Waals surface area contributed by atoms with Gasteiger partial charge in [0.15, 0.2) is 0 Å². The summed E-state index contributed by atoms with van der Waals surface area (Å²) < 4.78 is 0. The zero-order valence-electron chi connectivity index (χ0n) is 11.7. The molecule has 2 N–H and O–H groups in total. The number of hydrogen-bond donors (Lipinski definition) is 2. The first-order valence-electron chi connectivity index (χ1n) is 7.26. The van der Waals surface area contributed by atoms with E-state index in [0.717, 1.165) is 12.2 Å². The molecular formula is C16H22Cl2N2. The fraction of sp³-hybridized carbons (Fsp3) is 0.500. The number of benzene rings is 1. The van der Waals surface area contributed by atoms with Gasteiger partial charge in [-0.15, -0.1) is 6.58 Å². The summed E-state index contributed by atoms with van der Waals surface area (Å²) in [5.74, 6) is 0. The summed E-state index contributed by atoms with van der Waals surface area (Å²) in [5.41, 5.74) is 1.04. The fourth-order valence-corrected chi connectivity index (χ4v) is 3.06. The molecule has 1 fully saturated rings. The van der Waals surface area contributed by atoms with Crippen molar-refractivity contribution in [3.63, 3.8) is 0 Å². The first kappa shape index (κ1) is 15.7. The highest BCUT2D eigenvalue weighted by Gasteiger charge is 2.22. The van der Waals surface area contributed by atoms with Crippen molar-refractivity contribution < 1.29 is 0 Å². The van der Waals surface area contributed by atoms with E-state index in [9.17, 15) is 0 Å². The van der Waals surface area contributed by atoms with Crippen LogP contribution < -0.4 is 10.6 Å². The first-order chi connectivity index (χ1) is 9.70. The van der Waals surface area contributed by atoms with Crippen LogP contribution >= 0.6 is 23.2 Å². The Morgan fingerprint density at radius 1 is 1.10 bits per heavy atom. The predicted octanol–water partition coefficient (Wildman–Crippen LogP) is 4.88. The molecule has 110 valence electrons. The molecule has 1 aliphatic rings. The minimum Gasteiger partial charge on any atom is -0.381 e. The first-order valence-corrected chi connectivity index (χ1v) is 8.02. The molecule has 1 aromatic rings. The van der Waals surface area contributed by atoms with Gasteiger partial charge in [-0.2, -0.15) is 0 Å². The van der Waals surface area contributed by atoms with Crippen molar-refractivity contribution in [2.75, 3.05) is 11.9 Å². The summed E-state index contributed by atoms with van der Waals surface area (Å²) in [6, 6.07) is 6.64. The maximum atomic E-state index is 6.08. The molecule has 20 heavy (non-hydrogen) atoms. The van der Waals surface area contributed by atoms with Gasteiger partial charge < -0.3 is 10.6 Å². The van der Waals surface area contributed by atoms with Crippen LogP contribution in [0.25, 0.3) is 0 Å². The number of hydrogen-bond acceptors (Lipinski definition) is 2. The SMILES string of the molecule is C=CCNC1CCCCCC1Nc1ccc(Cl)c(Cl)c1. The van der Waals surface area contributed by atoms with Gasteiger partial charge in [-0.25, -0.2) is 0 Å². The van der Waals surface area contributed by atoms with Gasteiger partial charge in [-0.3, -0.25) is 0 Å². The van der Waals surface area contributed by atoms with Gasteiger partial charge >= 0.3 is 0 Å². The topological polar surface area (TPSA) is 24.1 Å². The van der Waals surface area contributed by atoms with Crippen molar-refractivity contribution >= 4 is 28.9 Å². The average molecular weight is 313 g/mol. The summed E-state index contributed by atoms with van der Waals surface area (Å²) in [7, 11) is 0. The van der Waals surface area contributed by atoms with Crippen LogP contribution in [-0.4, -0.2) is 18.6 Å². The highest BCUT2D eigenvalue weighted by Crippen LogP contribution is 2.27. The molecule has 2 rings (SSSR count). The summed E-state index contributed by atoms with van der Waals surface area (Å²) in [6.45, 7) is 4.64. The Morgan fingerprint density at radius 2 is 1.85 bits per heavy atom. The molecule has 0 aromatic heterocycles. The number of rotatable bonds is 5. The van der Waals surface area contributed by atoms with E-state index in [1.165, 1.54) is 32.1 Å². The Bertz CT molecular complexity index is 448. The van der Waals surface area contributed by atoms with Crippen LogP contribution in [0.3, 0.4) is 0 Å². The zero-order valence-corrected chi connectivity index (χ0v) is 13.2. The summed E-state index contributed by atoms with van der Waals surface area (Å²) in [5, 5.41) is 8.37. The van der Waals surface area contributed by atoms with Gasteiger partial charge in [0, 0.05) is 24.3 Å². The zero-order chi connectivity index (χ0) is 14.4. The Hall–Kier alpha value is -0.700. The lowest BCUT2D eigenvalue weighted by molar-refractivity contribution is 0.444. The monoisotopic (exact) mass is 312 g/mol. The lowest BCUT2D eigenvalue weighted by Gasteiger charge is -2.28. The van der Waals surface area contributed by atoms with Gasteiger partial charge in [0.1, 0.15) is 0 Å². The van der Waals surface area contributed by atoms with E-state index in [-0.39, 0.29) is 0 Å². The Morgan fingerprint density at radius 3 is 2.55 bits per heavy atom. The molecule has 0 radical (unpaired) electrons. The normalized spacial score (nSPS) is 23.1. The molecule has 0 spiro atoms. The lowest BCUT2D eigenvalue weighted by Crippen LogP contribution is -2.43. The quantitative estimate of drug-likeness (QED) is 0.598. The van der Waals surface area contributed by atoms with Crippen LogP contribution in [0.4, 0.5) is 5.69 Å². The summed E-state index contributed by atoms with van der Waals surface area (Å²) in [6.07, 6.45) is 8.16. The van der Waals surface area contributed by atoms with Crippen molar-refractivity contribution in [3.8, 4) is 0 Å². The smallest absolute Gasteiger partial charge is 0.0612 e. The molecule has 0 saturated heterocycles. The standard InChI is InChI=1S/C16H22Cl2N2/c1-2-10-19-15-6-4-3-5-7-16(15)20-12-8-9-13(17)14(18)11-12/h2,8-9,11,15-16,19-20H,1,3-7,10H2. The second-order valence-corrected chi connectivity index (χ2v) is 6.14. The van der Waals surface area contributed by atoms with Crippen molar-refractivity contribution in [2.45, 2.75) is 44.2 Å². The van der Waals surface area contributed by atoms with Gasteiger partial charge in [0.05, 0.1) is 10.0 Å². The average Bonchev–Trinajstić information content (AvgIpc) is 2.66. The number of anilines is 1. The van der Waals surface area contributed by atoms with Crippen molar-refractivity contribution in [1.82, 2.24) is 5.32 Å². The van der Waals surface area contributed by atoms with Crippen LogP contribution in [-0.2, 0) is 0 Å². The van der Waals surface area contributed by atoms with Crippen molar-refractivity contribution in [3.05, 3.63) is 40.9 Å². The van der Waals surface area contributed by atoms with Gasteiger partial charge in [0.2, 0.25) is 0 Å². The van der Waals surface area contributed by atoms with E-state index >= 15 is 0 Å². The fourth-order valence-electron chi connectivity index (χ4n) is 2.76. The second-order valence-electron chi connectivity index (χ2n) is 5.32. The maximum Gasteiger partial charge on any atom is 0.0612 e. The molecule has 1 aromatic carbocycles. The van der Waals surface area contributed by atoms with Crippen molar-refractivity contribution in [2.24, 2.45) is 0 Å². The van der Waals surface area contributed by atoms with Crippen molar-refractivity contribution in [1.29, 1.82) is 0 Å². The number of halogens is 2. The van der Waals surface area contributed by atoms with E-state index in [2.05, 4.69) is 17.2 Å². The molecule has 1 saturated carbocycles. The minimum atomic E-state index is 0.426. The van der Waals surface area contributed by atoms with Crippen LogP contribution in [0.2, 0.25) is 10.0 Å². The molecule has 1 aliphatic carbocycles. The largest absolute Gasteiger partial charge is 0.381 e. The third-order valence-corrected chi connectivity index (χ3v) is 4.55. The molecular weight excluding hydrogens is 291 g/mol. The van der Waals surface area contributed by atoms with Crippen LogP contribution in [0.15, 0.2) is 30.9 Å². The van der Waals surface area contributed by atoms with E-state index in [4.69, 9.17) is 23.2 Å². The Kier molecular flexibility index (Phi) is 6.21. The molecule has 2 unspecified atom stereocenters.